The van der Waals surface area contributed by atoms with Crippen molar-refractivity contribution in [3.63, 3.8) is 0 Å². The molecule has 14 heavy (non-hydrogen) atoms. The first-order valence-corrected chi connectivity index (χ1v) is 6.83. The standard InChI is InChI=1S/C9H20N2O2S/c1-8(2)14(12,13)6-5-11-4-3-9(10)7-11/h8-9H,3-7,10H2,1-2H3. The van der Waals surface area contributed by atoms with E-state index in [2.05, 4.69) is 4.90 Å². The van der Waals surface area contributed by atoms with Gasteiger partial charge in [0.2, 0.25) is 0 Å². The quantitative estimate of drug-likeness (QED) is 0.715. The Bertz CT molecular complexity index is 275. The van der Waals surface area contributed by atoms with Crippen molar-refractivity contribution in [1.29, 1.82) is 0 Å². The van der Waals surface area contributed by atoms with E-state index in [1.807, 2.05) is 0 Å². The normalized spacial score (nSPS) is 24.7. The maximum atomic E-state index is 11.5. The number of hydrogen-bond acceptors (Lipinski definition) is 4. The molecule has 1 saturated heterocycles. The van der Waals surface area contributed by atoms with Crippen LogP contribution in [0.5, 0.6) is 0 Å². The van der Waals surface area contributed by atoms with Gasteiger partial charge in [0, 0.05) is 19.1 Å². The van der Waals surface area contributed by atoms with Crippen LogP contribution in [-0.4, -0.2) is 50.0 Å². The average molecular weight is 220 g/mol. The van der Waals surface area contributed by atoms with Gasteiger partial charge in [-0.25, -0.2) is 8.42 Å². The fourth-order valence-electron chi connectivity index (χ4n) is 1.56. The molecule has 0 aliphatic carbocycles. The first-order valence-electron chi connectivity index (χ1n) is 5.11. The summed E-state index contributed by atoms with van der Waals surface area (Å²) >= 11 is 0. The average Bonchev–Trinajstić information content (AvgIpc) is 2.48. The summed E-state index contributed by atoms with van der Waals surface area (Å²) in [6.07, 6.45) is 0.988. The Morgan fingerprint density at radius 1 is 1.50 bits per heavy atom. The molecule has 0 aromatic heterocycles. The summed E-state index contributed by atoms with van der Waals surface area (Å²) in [5, 5.41) is -0.265. The lowest BCUT2D eigenvalue weighted by Crippen LogP contribution is -2.32. The van der Waals surface area contributed by atoms with Crippen molar-refractivity contribution in [2.75, 3.05) is 25.4 Å². The van der Waals surface area contributed by atoms with Gasteiger partial charge >= 0.3 is 0 Å². The Kier molecular flexibility index (Phi) is 3.92. The van der Waals surface area contributed by atoms with Crippen molar-refractivity contribution in [2.24, 2.45) is 5.73 Å². The largest absolute Gasteiger partial charge is 0.326 e. The minimum atomic E-state index is -2.89. The molecule has 1 fully saturated rings. The summed E-state index contributed by atoms with van der Waals surface area (Å²) in [4.78, 5) is 2.13. The minimum Gasteiger partial charge on any atom is -0.326 e. The number of rotatable bonds is 4. The monoisotopic (exact) mass is 220 g/mol. The van der Waals surface area contributed by atoms with E-state index < -0.39 is 9.84 Å². The van der Waals surface area contributed by atoms with Crippen molar-refractivity contribution in [3.8, 4) is 0 Å². The molecule has 0 spiro atoms. The number of nitrogens with zero attached hydrogens (tertiary/aromatic N) is 1. The molecule has 84 valence electrons. The SMILES string of the molecule is CC(C)S(=O)(=O)CCN1CCC(N)C1. The zero-order valence-electron chi connectivity index (χ0n) is 8.94. The molecule has 0 amide bonds. The second-order valence-corrected chi connectivity index (χ2v) is 6.94. The van der Waals surface area contributed by atoms with Gasteiger partial charge in [-0.1, -0.05) is 0 Å². The fraction of sp³-hybridized carbons (Fsp3) is 1.00. The lowest BCUT2D eigenvalue weighted by atomic mass is 10.3. The van der Waals surface area contributed by atoms with E-state index in [4.69, 9.17) is 5.73 Å². The highest BCUT2D eigenvalue weighted by molar-refractivity contribution is 7.92. The highest BCUT2D eigenvalue weighted by atomic mass is 32.2. The van der Waals surface area contributed by atoms with Crippen molar-refractivity contribution >= 4 is 9.84 Å². The van der Waals surface area contributed by atoms with Gasteiger partial charge in [0.1, 0.15) is 0 Å². The van der Waals surface area contributed by atoms with Crippen LogP contribution in [0.2, 0.25) is 0 Å². The maximum absolute atomic E-state index is 11.5. The Labute approximate surface area is 86.4 Å². The number of sulfone groups is 1. The van der Waals surface area contributed by atoms with Crippen molar-refractivity contribution < 1.29 is 8.42 Å². The molecule has 0 saturated carbocycles. The summed E-state index contributed by atoms with van der Waals surface area (Å²) in [6, 6.07) is 0.233. The molecule has 5 heteroatoms. The first kappa shape index (κ1) is 11.9. The van der Waals surface area contributed by atoms with Crippen LogP contribution in [0.15, 0.2) is 0 Å². The molecule has 1 aliphatic rings. The van der Waals surface area contributed by atoms with Gasteiger partial charge in [0.05, 0.1) is 11.0 Å². The molecule has 1 atom stereocenters. The van der Waals surface area contributed by atoms with Crippen molar-refractivity contribution in [2.45, 2.75) is 31.6 Å². The number of nitrogens with two attached hydrogens (primary N) is 1. The van der Waals surface area contributed by atoms with E-state index in [0.717, 1.165) is 19.5 Å². The van der Waals surface area contributed by atoms with E-state index >= 15 is 0 Å². The lowest BCUT2D eigenvalue weighted by molar-refractivity contribution is 0.354. The van der Waals surface area contributed by atoms with Crippen LogP contribution in [0.1, 0.15) is 20.3 Å². The second-order valence-electron chi connectivity index (χ2n) is 4.27. The van der Waals surface area contributed by atoms with Crippen LogP contribution in [0.3, 0.4) is 0 Å². The van der Waals surface area contributed by atoms with Crippen LogP contribution in [-0.2, 0) is 9.84 Å². The number of hydrogen-bond donors (Lipinski definition) is 1. The smallest absolute Gasteiger partial charge is 0.153 e. The third-order valence-electron chi connectivity index (χ3n) is 2.72. The lowest BCUT2D eigenvalue weighted by Gasteiger charge is -2.15. The second kappa shape index (κ2) is 4.59. The molecule has 0 bridgehead atoms. The molecule has 4 nitrogen and oxygen atoms in total. The molecular weight excluding hydrogens is 200 g/mol. The van der Waals surface area contributed by atoms with Crippen LogP contribution in [0.4, 0.5) is 0 Å². The van der Waals surface area contributed by atoms with Crippen LogP contribution in [0, 0.1) is 0 Å². The predicted octanol–water partition coefficient (Wildman–Crippen LogP) is -0.157. The molecule has 1 rings (SSSR count). The molecule has 0 radical (unpaired) electrons. The van der Waals surface area contributed by atoms with Crippen molar-refractivity contribution in [3.05, 3.63) is 0 Å². The Balaban J connectivity index is 2.34. The zero-order valence-corrected chi connectivity index (χ0v) is 9.76. The topological polar surface area (TPSA) is 63.4 Å². The van der Waals surface area contributed by atoms with Gasteiger partial charge < -0.3 is 10.6 Å². The van der Waals surface area contributed by atoms with Crippen molar-refractivity contribution in [1.82, 2.24) is 4.90 Å². The van der Waals surface area contributed by atoms with Crippen LogP contribution >= 0.6 is 0 Å². The third-order valence-corrected chi connectivity index (χ3v) is 4.91. The van der Waals surface area contributed by atoms with E-state index in [1.165, 1.54) is 0 Å². The van der Waals surface area contributed by atoms with E-state index in [0.29, 0.717) is 6.54 Å². The molecule has 1 unspecified atom stereocenters. The summed E-state index contributed by atoms with van der Waals surface area (Å²) in [5.74, 6) is 0.261. The van der Waals surface area contributed by atoms with E-state index in [9.17, 15) is 8.42 Å². The minimum absolute atomic E-state index is 0.233. The molecule has 0 aromatic rings. The Hall–Kier alpha value is -0.130. The molecular formula is C9H20N2O2S. The van der Waals surface area contributed by atoms with Gasteiger partial charge in [-0.2, -0.15) is 0 Å². The highest BCUT2D eigenvalue weighted by Gasteiger charge is 2.22. The molecule has 1 heterocycles. The van der Waals surface area contributed by atoms with Gasteiger partial charge in [-0.3, -0.25) is 0 Å². The van der Waals surface area contributed by atoms with E-state index in [1.54, 1.807) is 13.8 Å². The zero-order chi connectivity index (χ0) is 10.8. The summed E-state index contributed by atoms with van der Waals surface area (Å²) < 4.78 is 23.0. The fourth-order valence-corrected chi connectivity index (χ4v) is 2.54. The van der Waals surface area contributed by atoms with Gasteiger partial charge in [0.15, 0.2) is 9.84 Å². The van der Waals surface area contributed by atoms with Gasteiger partial charge in [0.25, 0.3) is 0 Å². The Morgan fingerprint density at radius 2 is 2.14 bits per heavy atom. The Morgan fingerprint density at radius 3 is 2.57 bits per heavy atom. The van der Waals surface area contributed by atoms with Crippen LogP contribution < -0.4 is 5.73 Å². The molecule has 0 aromatic carbocycles. The molecule has 2 N–H and O–H groups in total. The predicted molar refractivity (Wildman–Crippen MR) is 58.0 cm³/mol. The van der Waals surface area contributed by atoms with E-state index in [-0.39, 0.29) is 17.0 Å². The highest BCUT2D eigenvalue weighted by Crippen LogP contribution is 2.08. The summed E-state index contributed by atoms with van der Waals surface area (Å²) in [6.45, 7) is 5.87. The summed E-state index contributed by atoms with van der Waals surface area (Å²) in [5.41, 5.74) is 5.73. The van der Waals surface area contributed by atoms with Gasteiger partial charge in [-0.15, -0.1) is 0 Å². The first-order chi connectivity index (χ1) is 6.42. The number of likely N-dealkylation sites (tertiary alicyclic amines) is 1. The maximum Gasteiger partial charge on any atom is 0.153 e. The third kappa shape index (κ3) is 3.22. The summed E-state index contributed by atoms with van der Waals surface area (Å²) in [7, 11) is -2.89. The van der Waals surface area contributed by atoms with Gasteiger partial charge in [-0.05, 0) is 26.8 Å². The molecule has 1 aliphatic heterocycles. The van der Waals surface area contributed by atoms with Crippen LogP contribution in [0.25, 0.3) is 0 Å².